The molecule has 1 aliphatic rings. The van der Waals surface area contributed by atoms with Gasteiger partial charge in [0.1, 0.15) is 29.6 Å². The smallest absolute Gasteiger partial charge is 0.151 e. The Kier molecular flexibility index (Phi) is 4.96. The van der Waals surface area contributed by atoms with Gasteiger partial charge in [-0.15, -0.1) is 11.3 Å². The number of phenolic OH excluding ortho intramolecular Hbond substituents is 2. The highest BCUT2D eigenvalue weighted by molar-refractivity contribution is 7.22. The van der Waals surface area contributed by atoms with Crippen LogP contribution in [0.5, 0.6) is 23.0 Å². The Labute approximate surface area is 184 Å². The molecule has 5 nitrogen and oxygen atoms in total. The molecule has 31 heavy (non-hydrogen) atoms. The van der Waals surface area contributed by atoms with Gasteiger partial charge in [0.2, 0.25) is 0 Å². The van der Waals surface area contributed by atoms with Crippen LogP contribution in [0, 0.1) is 0 Å². The fourth-order valence-electron chi connectivity index (χ4n) is 3.87. The lowest BCUT2D eigenvalue weighted by Gasteiger charge is -2.27. The molecular weight excluding hydrogens is 410 g/mol. The topological polar surface area (TPSA) is 62.2 Å². The van der Waals surface area contributed by atoms with Crippen molar-refractivity contribution in [1.82, 2.24) is 4.90 Å². The molecule has 0 radical (unpaired) electrons. The molecule has 0 fully saturated rings. The highest BCUT2D eigenvalue weighted by Crippen LogP contribution is 2.52. The predicted octanol–water partition coefficient (Wildman–Crippen LogP) is 5.40. The number of likely N-dealkylation sites (N-methyl/N-ethyl adjacent to an activating group) is 1. The Balaban J connectivity index is 1.56. The molecule has 0 unspecified atom stereocenters. The van der Waals surface area contributed by atoms with Gasteiger partial charge >= 0.3 is 0 Å². The molecule has 0 saturated heterocycles. The van der Waals surface area contributed by atoms with Crippen LogP contribution in [-0.2, 0) is 0 Å². The van der Waals surface area contributed by atoms with E-state index in [2.05, 4.69) is 4.90 Å². The Bertz CT molecular complexity index is 1250. The average molecular weight is 434 g/mol. The van der Waals surface area contributed by atoms with Crippen LogP contribution in [0.3, 0.4) is 0 Å². The SMILES string of the molecule is CN(C)CCOc1ccc([C@@H]2Oc3cc(O)ccc3-c3sc4cc(O)ccc4c32)cc1. The summed E-state index contributed by atoms with van der Waals surface area (Å²) >= 11 is 1.63. The molecule has 0 amide bonds. The number of phenols is 2. The van der Waals surface area contributed by atoms with Crippen LogP contribution >= 0.6 is 11.3 Å². The second-order valence-corrected chi connectivity index (χ2v) is 8.98. The van der Waals surface area contributed by atoms with Crippen molar-refractivity contribution in [3.05, 3.63) is 71.8 Å². The van der Waals surface area contributed by atoms with E-state index < -0.39 is 0 Å². The van der Waals surface area contributed by atoms with E-state index in [1.807, 2.05) is 50.5 Å². The molecule has 0 bridgehead atoms. The molecule has 1 aliphatic heterocycles. The first kappa shape index (κ1) is 19.7. The Hall–Kier alpha value is -3.22. The Morgan fingerprint density at radius 3 is 2.48 bits per heavy atom. The summed E-state index contributed by atoms with van der Waals surface area (Å²) in [7, 11) is 4.04. The van der Waals surface area contributed by atoms with Crippen LogP contribution < -0.4 is 9.47 Å². The fourth-order valence-corrected chi connectivity index (χ4v) is 5.16. The summed E-state index contributed by atoms with van der Waals surface area (Å²) < 4.78 is 13.2. The van der Waals surface area contributed by atoms with Crippen molar-refractivity contribution in [2.75, 3.05) is 27.2 Å². The summed E-state index contributed by atoms with van der Waals surface area (Å²) in [6.07, 6.45) is -0.321. The van der Waals surface area contributed by atoms with Crippen molar-refractivity contribution >= 4 is 21.4 Å². The van der Waals surface area contributed by atoms with E-state index in [1.165, 1.54) is 0 Å². The molecule has 0 spiro atoms. The normalized spacial score (nSPS) is 14.9. The van der Waals surface area contributed by atoms with Crippen molar-refractivity contribution in [1.29, 1.82) is 0 Å². The number of aromatic hydroxyl groups is 2. The van der Waals surface area contributed by atoms with Crippen molar-refractivity contribution in [2.24, 2.45) is 0 Å². The Morgan fingerprint density at radius 1 is 0.968 bits per heavy atom. The molecule has 0 saturated carbocycles. The van der Waals surface area contributed by atoms with E-state index in [9.17, 15) is 10.2 Å². The fraction of sp³-hybridized carbons (Fsp3) is 0.200. The number of ether oxygens (including phenoxy) is 2. The lowest BCUT2D eigenvalue weighted by Crippen LogP contribution is -2.19. The number of nitrogens with zero attached hydrogens (tertiary/aromatic N) is 1. The van der Waals surface area contributed by atoms with Gasteiger partial charge in [0.25, 0.3) is 0 Å². The van der Waals surface area contributed by atoms with E-state index >= 15 is 0 Å². The summed E-state index contributed by atoms with van der Waals surface area (Å²) in [5, 5.41) is 21.0. The maximum atomic E-state index is 10.00. The van der Waals surface area contributed by atoms with Gasteiger partial charge in [-0.2, -0.15) is 0 Å². The zero-order valence-corrected chi connectivity index (χ0v) is 18.1. The maximum Gasteiger partial charge on any atom is 0.151 e. The van der Waals surface area contributed by atoms with Gasteiger partial charge in [-0.1, -0.05) is 12.1 Å². The highest BCUT2D eigenvalue weighted by Gasteiger charge is 2.31. The van der Waals surface area contributed by atoms with Gasteiger partial charge in [-0.05, 0) is 62.1 Å². The van der Waals surface area contributed by atoms with Crippen LogP contribution in [0.25, 0.3) is 20.5 Å². The average Bonchev–Trinajstić information content (AvgIpc) is 3.11. The van der Waals surface area contributed by atoms with E-state index in [0.717, 1.165) is 43.9 Å². The minimum atomic E-state index is -0.321. The van der Waals surface area contributed by atoms with E-state index in [1.54, 1.807) is 35.6 Å². The molecule has 2 heterocycles. The van der Waals surface area contributed by atoms with Crippen LogP contribution in [0.2, 0.25) is 0 Å². The number of hydrogen-bond donors (Lipinski definition) is 2. The first-order valence-corrected chi connectivity index (χ1v) is 10.9. The van der Waals surface area contributed by atoms with Gasteiger partial charge in [-0.25, -0.2) is 0 Å². The van der Waals surface area contributed by atoms with Crippen LogP contribution in [0.1, 0.15) is 17.2 Å². The monoisotopic (exact) mass is 433 g/mol. The quantitative estimate of drug-likeness (QED) is 0.441. The lowest BCUT2D eigenvalue weighted by molar-refractivity contribution is 0.244. The Morgan fingerprint density at radius 2 is 1.71 bits per heavy atom. The zero-order valence-electron chi connectivity index (χ0n) is 17.3. The standard InChI is InChI=1S/C25H23NO4S/c1-26(2)11-12-29-18-7-3-15(4-8-18)24-23-20-10-6-17(28)14-22(20)31-25(23)19-9-5-16(27)13-21(19)30-24/h3-10,13-14,24,27-28H,11-12H2,1-2H3/t24-/m0/s1. The minimum Gasteiger partial charge on any atom is -0.508 e. The number of fused-ring (bicyclic) bond motifs is 5. The van der Waals surface area contributed by atoms with Crippen molar-refractivity contribution in [3.8, 4) is 33.4 Å². The third-order valence-corrected chi connectivity index (χ3v) is 6.62. The van der Waals surface area contributed by atoms with Crippen molar-refractivity contribution < 1.29 is 19.7 Å². The molecule has 1 aromatic heterocycles. The van der Waals surface area contributed by atoms with E-state index in [0.29, 0.717) is 12.4 Å². The van der Waals surface area contributed by atoms with Gasteiger partial charge in [-0.3, -0.25) is 0 Å². The van der Waals surface area contributed by atoms with Gasteiger partial charge in [0.15, 0.2) is 6.10 Å². The van der Waals surface area contributed by atoms with Crippen molar-refractivity contribution in [3.63, 3.8) is 0 Å². The molecule has 1 atom stereocenters. The summed E-state index contributed by atoms with van der Waals surface area (Å²) in [6, 6.07) is 18.6. The van der Waals surface area contributed by atoms with Crippen molar-refractivity contribution in [2.45, 2.75) is 6.10 Å². The highest BCUT2D eigenvalue weighted by atomic mass is 32.1. The van der Waals surface area contributed by atoms with E-state index in [4.69, 9.17) is 9.47 Å². The van der Waals surface area contributed by atoms with Gasteiger partial charge in [0, 0.05) is 38.7 Å². The van der Waals surface area contributed by atoms with Crippen LogP contribution in [-0.4, -0.2) is 42.4 Å². The second-order valence-electron chi connectivity index (χ2n) is 7.92. The van der Waals surface area contributed by atoms with Crippen LogP contribution in [0.4, 0.5) is 0 Å². The van der Waals surface area contributed by atoms with Crippen LogP contribution in [0.15, 0.2) is 60.7 Å². The van der Waals surface area contributed by atoms with Gasteiger partial charge < -0.3 is 24.6 Å². The second kappa shape index (κ2) is 7.80. The zero-order chi connectivity index (χ0) is 21.5. The molecule has 3 aromatic carbocycles. The molecule has 6 heteroatoms. The molecule has 5 rings (SSSR count). The minimum absolute atomic E-state index is 0.171. The molecule has 158 valence electrons. The third-order valence-electron chi connectivity index (χ3n) is 5.42. The summed E-state index contributed by atoms with van der Waals surface area (Å²) in [4.78, 5) is 3.18. The number of benzene rings is 3. The number of thiophene rings is 1. The van der Waals surface area contributed by atoms with E-state index in [-0.39, 0.29) is 17.6 Å². The number of rotatable bonds is 5. The number of hydrogen-bond acceptors (Lipinski definition) is 6. The lowest BCUT2D eigenvalue weighted by atomic mass is 9.93. The summed E-state index contributed by atoms with van der Waals surface area (Å²) in [5.74, 6) is 1.89. The van der Waals surface area contributed by atoms with Gasteiger partial charge in [0.05, 0.1) is 0 Å². The first-order valence-electron chi connectivity index (χ1n) is 10.1. The largest absolute Gasteiger partial charge is 0.508 e. The molecular formula is C25H23NO4S. The predicted molar refractivity (Wildman–Crippen MR) is 124 cm³/mol. The maximum absolute atomic E-state index is 10.00. The summed E-state index contributed by atoms with van der Waals surface area (Å²) in [5.41, 5.74) is 3.04. The molecule has 0 aliphatic carbocycles. The molecule has 2 N–H and O–H groups in total. The third kappa shape index (κ3) is 3.69. The first-order chi connectivity index (χ1) is 15.0. The summed E-state index contributed by atoms with van der Waals surface area (Å²) in [6.45, 7) is 1.48. The molecule has 4 aromatic rings.